The van der Waals surface area contributed by atoms with Crippen molar-refractivity contribution < 1.29 is 5.11 Å². The Morgan fingerprint density at radius 2 is 1.97 bits per heavy atom. The molecule has 178 valence electrons. The minimum atomic E-state index is -0.788. The molecule has 1 aliphatic carbocycles. The number of imidazole rings is 1. The lowest BCUT2D eigenvalue weighted by Gasteiger charge is -2.26. The van der Waals surface area contributed by atoms with E-state index in [1.54, 1.807) is 0 Å². The van der Waals surface area contributed by atoms with E-state index in [2.05, 4.69) is 43.9 Å². The number of aromatic nitrogens is 4. The van der Waals surface area contributed by atoms with E-state index in [0.29, 0.717) is 30.9 Å². The number of fused-ring (bicyclic) bond motifs is 1. The molecule has 0 aliphatic heterocycles. The van der Waals surface area contributed by atoms with Gasteiger partial charge in [0.05, 0.1) is 11.9 Å². The van der Waals surface area contributed by atoms with Crippen LogP contribution in [-0.2, 0) is 6.54 Å². The van der Waals surface area contributed by atoms with E-state index in [1.807, 2.05) is 39.2 Å². The Morgan fingerprint density at radius 1 is 1.21 bits per heavy atom. The minimum Gasteiger partial charge on any atom is -0.398 e. The van der Waals surface area contributed by atoms with E-state index < -0.39 is 5.60 Å². The summed E-state index contributed by atoms with van der Waals surface area (Å²) in [7, 11) is 0. The van der Waals surface area contributed by atoms with Crippen molar-refractivity contribution >= 4 is 51.2 Å². The third kappa shape index (κ3) is 5.68. The van der Waals surface area contributed by atoms with Gasteiger partial charge in [0.2, 0.25) is 5.95 Å². The summed E-state index contributed by atoms with van der Waals surface area (Å²) >= 11 is 2.29. The summed E-state index contributed by atoms with van der Waals surface area (Å²) in [6.45, 7) is 6.76. The fraction of sp³-hybridized carbons (Fsp3) is 0.542. The number of nitrogens with zero attached hydrogens (tertiary/aromatic N) is 4. The number of benzene rings is 1. The Balaban J connectivity index is 1.65. The summed E-state index contributed by atoms with van der Waals surface area (Å²) in [4.78, 5) is 14.3. The van der Waals surface area contributed by atoms with Gasteiger partial charge in [-0.25, -0.2) is 4.98 Å². The molecule has 0 spiro atoms. The average molecular weight is 563 g/mol. The fourth-order valence-corrected chi connectivity index (χ4v) is 4.70. The van der Waals surface area contributed by atoms with E-state index in [0.717, 1.165) is 38.8 Å². The van der Waals surface area contributed by atoms with Crippen LogP contribution in [-0.4, -0.2) is 36.8 Å². The van der Waals surface area contributed by atoms with Crippen LogP contribution in [0.3, 0.4) is 0 Å². The van der Waals surface area contributed by atoms with Crippen LogP contribution in [0.5, 0.6) is 0 Å². The first kappa shape index (κ1) is 24.0. The summed E-state index contributed by atoms with van der Waals surface area (Å²) in [5.41, 5.74) is 8.78. The van der Waals surface area contributed by atoms with Gasteiger partial charge in [0, 0.05) is 34.3 Å². The number of nitrogens with two attached hydrogens (primary N) is 1. The highest BCUT2D eigenvalue weighted by atomic mass is 127. The molecule has 0 radical (unpaired) electrons. The molecule has 0 bridgehead atoms. The molecular formula is C24H34IN7O. The monoisotopic (exact) mass is 563 g/mol. The van der Waals surface area contributed by atoms with Gasteiger partial charge in [-0.15, -0.1) is 0 Å². The molecule has 2 aromatic heterocycles. The van der Waals surface area contributed by atoms with Crippen molar-refractivity contribution in [3.8, 4) is 0 Å². The third-order valence-corrected chi connectivity index (χ3v) is 7.38. The number of anilines is 3. The van der Waals surface area contributed by atoms with Gasteiger partial charge in [0.25, 0.3) is 0 Å². The first-order valence-corrected chi connectivity index (χ1v) is 12.8. The molecular weight excluding hydrogens is 529 g/mol. The van der Waals surface area contributed by atoms with Crippen molar-refractivity contribution in [1.82, 2.24) is 19.5 Å². The maximum absolute atomic E-state index is 10.3. The van der Waals surface area contributed by atoms with E-state index in [1.165, 1.54) is 19.3 Å². The standard InChI is InChI=1S/C24H34IN7O/c1-15(24(2,3)33)12-28-23-30-21(27-13-16-11-17(25)9-10-19(16)26)20-22(31-23)32(14-29-20)18-7-5-4-6-8-18/h9-11,14-15,18,33H,4-8,12-13,26H2,1-3H3,(H2,27,28,30,31). The van der Waals surface area contributed by atoms with Crippen LogP contribution in [0.25, 0.3) is 11.2 Å². The van der Waals surface area contributed by atoms with E-state index >= 15 is 0 Å². The zero-order valence-electron chi connectivity index (χ0n) is 19.6. The van der Waals surface area contributed by atoms with Gasteiger partial charge in [-0.05, 0) is 73.0 Å². The third-order valence-electron chi connectivity index (χ3n) is 6.71. The predicted molar refractivity (Wildman–Crippen MR) is 142 cm³/mol. The van der Waals surface area contributed by atoms with Crippen LogP contribution < -0.4 is 16.4 Å². The number of nitrogen functional groups attached to an aromatic ring is 1. The molecule has 1 unspecified atom stereocenters. The first-order chi connectivity index (χ1) is 15.7. The lowest BCUT2D eigenvalue weighted by Crippen LogP contribution is -2.33. The number of hydrogen-bond donors (Lipinski definition) is 4. The molecule has 0 saturated heterocycles. The largest absolute Gasteiger partial charge is 0.398 e. The average Bonchev–Trinajstić information content (AvgIpc) is 3.22. The second-order valence-corrected chi connectivity index (χ2v) is 10.9. The van der Waals surface area contributed by atoms with Gasteiger partial charge in [-0.1, -0.05) is 26.2 Å². The molecule has 33 heavy (non-hydrogen) atoms. The second-order valence-electron chi connectivity index (χ2n) is 9.64. The molecule has 3 aromatic rings. The molecule has 1 aromatic carbocycles. The number of rotatable bonds is 8. The molecule has 2 heterocycles. The highest BCUT2D eigenvalue weighted by molar-refractivity contribution is 14.1. The van der Waals surface area contributed by atoms with Crippen molar-refractivity contribution in [2.24, 2.45) is 5.92 Å². The molecule has 1 saturated carbocycles. The van der Waals surface area contributed by atoms with E-state index in [4.69, 9.17) is 20.7 Å². The quantitative estimate of drug-likeness (QED) is 0.227. The fourth-order valence-electron chi connectivity index (χ4n) is 4.15. The van der Waals surface area contributed by atoms with E-state index in [9.17, 15) is 5.11 Å². The van der Waals surface area contributed by atoms with Gasteiger partial charge < -0.3 is 26.0 Å². The maximum Gasteiger partial charge on any atom is 0.226 e. The molecule has 1 fully saturated rings. The molecule has 8 nitrogen and oxygen atoms in total. The van der Waals surface area contributed by atoms with Crippen LogP contribution in [0.2, 0.25) is 0 Å². The topological polar surface area (TPSA) is 114 Å². The normalized spacial score (nSPS) is 16.2. The van der Waals surface area contributed by atoms with Gasteiger partial charge in [0.15, 0.2) is 17.0 Å². The van der Waals surface area contributed by atoms with Crippen molar-refractivity contribution in [2.75, 3.05) is 22.9 Å². The number of nitrogens with one attached hydrogen (secondary N) is 2. The van der Waals surface area contributed by atoms with Gasteiger partial charge >= 0.3 is 0 Å². The van der Waals surface area contributed by atoms with Crippen molar-refractivity contribution in [3.05, 3.63) is 33.7 Å². The molecule has 4 rings (SSSR count). The number of hydrogen-bond acceptors (Lipinski definition) is 7. The van der Waals surface area contributed by atoms with Crippen LogP contribution in [0.1, 0.15) is 64.5 Å². The summed E-state index contributed by atoms with van der Waals surface area (Å²) in [5, 5.41) is 17.1. The molecule has 0 amide bonds. The highest BCUT2D eigenvalue weighted by Crippen LogP contribution is 2.32. The Morgan fingerprint density at radius 3 is 2.70 bits per heavy atom. The van der Waals surface area contributed by atoms with Gasteiger partial charge in [-0.3, -0.25) is 0 Å². The number of halogens is 1. The van der Waals surface area contributed by atoms with Gasteiger partial charge in [-0.2, -0.15) is 9.97 Å². The summed E-state index contributed by atoms with van der Waals surface area (Å²) < 4.78 is 3.35. The summed E-state index contributed by atoms with van der Waals surface area (Å²) in [6.07, 6.45) is 7.97. The van der Waals surface area contributed by atoms with Crippen LogP contribution in [0, 0.1) is 9.49 Å². The van der Waals surface area contributed by atoms with Crippen LogP contribution >= 0.6 is 22.6 Å². The molecule has 9 heteroatoms. The molecule has 5 N–H and O–H groups in total. The molecule has 1 atom stereocenters. The zero-order valence-corrected chi connectivity index (χ0v) is 21.8. The van der Waals surface area contributed by atoms with Crippen LogP contribution in [0.4, 0.5) is 17.5 Å². The van der Waals surface area contributed by atoms with Crippen molar-refractivity contribution in [2.45, 2.75) is 71.1 Å². The predicted octanol–water partition coefficient (Wildman–Crippen LogP) is 4.95. The summed E-state index contributed by atoms with van der Waals surface area (Å²) in [5.74, 6) is 1.25. The van der Waals surface area contributed by atoms with Crippen molar-refractivity contribution in [3.63, 3.8) is 0 Å². The zero-order chi connectivity index (χ0) is 23.6. The van der Waals surface area contributed by atoms with Crippen LogP contribution in [0.15, 0.2) is 24.5 Å². The Kier molecular flexibility index (Phi) is 7.28. The SMILES string of the molecule is CC(CNc1nc(NCc2cc(I)ccc2N)c2ncn(C3CCCCC3)c2n1)C(C)(C)O. The molecule has 1 aliphatic rings. The maximum atomic E-state index is 10.3. The second kappa shape index (κ2) is 10.0. The lowest BCUT2D eigenvalue weighted by atomic mass is 9.93. The van der Waals surface area contributed by atoms with Crippen molar-refractivity contribution in [1.29, 1.82) is 0 Å². The minimum absolute atomic E-state index is 0.0302. The van der Waals surface area contributed by atoms with E-state index in [-0.39, 0.29) is 5.92 Å². The highest BCUT2D eigenvalue weighted by Gasteiger charge is 2.24. The Bertz CT molecular complexity index is 1100. The smallest absolute Gasteiger partial charge is 0.226 e. The first-order valence-electron chi connectivity index (χ1n) is 11.7. The number of aliphatic hydroxyl groups is 1. The Hall–Kier alpha value is -2.14. The van der Waals surface area contributed by atoms with Gasteiger partial charge in [0.1, 0.15) is 0 Å². The summed E-state index contributed by atoms with van der Waals surface area (Å²) in [6, 6.07) is 6.42. The Labute approximate surface area is 208 Å². The lowest BCUT2D eigenvalue weighted by molar-refractivity contribution is 0.0303.